The molecule has 88 valence electrons. The minimum absolute atomic E-state index is 0.407. The smallest absolute Gasteiger partial charge is 0.222 e. The molecule has 2 aromatic rings. The van der Waals surface area contributed by atoms with Gasteiger partial charge < -0.3 is 4.74 Å². The van der Waals surface area contributed by atoms with E-state index in [0.717, 1.165) is 11.3 Å². The van der Waals surface area contributed by atoms with E-state index in [-0.39, 0.29) is 0 Å². The van der Waals surface area contributed by atoms with Crippen LogP contribution in [-0.2, 0) is 0 Å². The second kappa shape index (κ2) is 5.00. The Balaban J connectivity index is 2.26. The van der Waals surface area contributed by atoms with Gasteiger partial charge in [-0.1, -0.05) is 37.6 Å². The van der Waals surface area contributed by atoms with Crippen molar-refractivity contribution in [1.82, 2.24) is 4.98 Å². The zero-order valence-electron chi connectivity index (χ0n) is 10.5. The predicted molar refractivity (Wildman–Crippen MR) is 69.6 cm³/mol. The Labute approximate surface area is 102 Å². The molecule has 0 fully saturated rings. The van der Waals surface area contributed by atoms with Crippen LogP contribution in [0.3, 0.4) is 0 Å². The zero-order valence-corrected chi connectivity index (χ0v) is 10.5. The van der Waals surface area contributed by atoms with Crippen LogP contribution in [0, 0.1) is 6.92 Å². The monoisotopic (exact) mass is 227 g/mol. The maximum atomic E-state index is 5.81. The highest BCUT2D eigenvalue weighted by atomic mass is 16.5. The first-order valence-corrected chi connectivity index (χ1v) is 5.86. The van der Waals surface area contributed by atoms with E-state index in [4.69, 9.17) is 4.74 Å². The third-order valence-electron chi connectivity index (χ3n) is 2.66. The van der Waals surface area contributed by atoms with Crippen LogP contribution >= 0.6 is 0 Å². The van der Waals surface area contributed by atoms with E-state index >= 15 is 0 Å². The minimum atomic E-state index is 0.407. The molecular formula is C15H17NO. The Morgan fingerprint density at radius 3 is 2.41 bits per heavy atom. The van der Waals surface area contributed by atoms with Gasteiger partial charge >= 0.3 is 0 Å². The molecule has 2 rings (SSSR count). The molecule has 0 radical (unpaired) electrons. The lowest BCUT2D eigenvalue weighted by atomic mass is 10.1. The number of hydrogen-bond acceptors (Lipinski definition) is 2. The molecule has 0 spiro atoms. The molecule has 0 N–H and O–H groups in total. The zero-order chi connectivity index (χ0) is 12.3. The van der Waals surface area contributed by atoms with Gasteiger partial charge in [-0.15, -0.1) is 0 Å². The summed E-state index contributed by atoms with van der Waals surface area (Å²) in [5.74, 6) is 1.94. The maximum absolute atomic E-state index is 5.81. The van der Waals surface area contributed by atoms with Crippen molar-refractivity contribution in [2.75, 3.05) is 0 Å². The summed E-state index contributed by atoms with van der Waals surface area (Å²) in [6.45, 7) is 6.34. The normalized spacial score (nSPS) is 10.6. The van der Waals surface area contributed by atoms with Crippen molar-refractivity contribution in [3.05, 3.63) is 53.7 Å². The summed E-state index contributed by atoms with van der Waals surface area (Å²) < 4.78 is 5.81. The van der Waals surface area contributed by atoms with Crippen LogP contribution in [0.25, 0.3) is 0 Å². The SMILES string of the molecule is Cc1ccc(Oc2ncccc2C(C)C)cc1. The number of benzene rings is 1. The summed E-state index contributed by atoms with van der Waals surface area (Å²) in [6.07, 6.45) is 1.76. The lowest BCUT2D eigenvalue weighted by molar-refractivity contribution is 0.453. The Kier molecular flexibility index (Phi) is 3.43. The van der Waals surface area contributed by atoms with E-state index in [1.165, 1.54) is 5.56 Å². The molecule has 0 bridgehead atoms. The topological polar surface area (TPSA) is 22.1 Å². The fourth-order valence-electron chi connectivity index (χ4n) is 1.65. The van der Waals surface area contributed by atoms with Gasteiger partial charge in [0.25, 0.3) is 0 Å². The molecule has 1 heterocycles. The van der Waals surface area contributed by atoms with Crippen LogP contribution < -0.4 is 4.74 Å². The number of ether oxygens (including phenoxy) is 1. The largest absolute Gasteiger partial charge is 0.439 e. The molecule has 1 aromatic heterocycles. The van der Waals surface area contributed by atoms with Gasteiger partial charge in [-0.05, 0) is 31.0 Å². The van der Waals surface area contributed by atoms with E-state index in [1.807, 2.05) is 30.3 Å². The van der Waals surface area contributed by atoms with Gasteiger partial charge in [-0.25, -0.2) is 4.98 Å². The molecule has 0 saturated heterocycles. The summed E-state index contributed by atoms with van der Waals surface area (Å²) in [4.78, 5) is 4.30. The highest BCUT2D eigenvalue weighted by Gasteiger charge is 2.09. The molecule has 0 aliphatic rings. The molecule has 0 unspecified atom stereocenters. The third-order valence-corrected chi connectivity index (χ3v) is 2.66. The van der Waals surface area contributed by atoms with Crippen LogP contribution in [0.15, 0.2) is 42.6 Å². The Morgan fingerprint density at radius 2 is 1.76 bits per heavy atom. The van der Waals surface area contributed by atoms with Crippen molar-refractivity contribution in [2.45, 2.75) is 26.7 Å². The van der Waals surface area contributed by atoms with Gasteiger partial charge in [-0.3, -0.25) is 0 Å². The van der Waals surface area contributed by atoms with Crippen LogP contribution in [0.5, 0.6) is 11.6 Å². The predicted octanol–water partition coefficient (Wildman–Crippen LogP) is 4.31. The molecule has 17 heavy (non-hydrogen) atoms. The molecule has 1 aromatic carbocycles. The van der Waals surface area contributed by atoms with Crippen molar-refractivity contribution in [2.24, 2.45) is 0 Å². The molecule has 0 aliphatic heterocycles. The average molecular weight is 227 g/mol. The van der Waals surface area contributed by atoms with E-state index in [1.54, 1.807) is 6.20 Å². The highest BCUT2D eigenvalue weighted by Crippen LogP contribution is 2.27. The van der Waals surface area contributed by atoms with Gasteiger partial charge in [-0.2, -0.15) is 0 Å². The molecular weight excluding hydrogens is 210 g/mol. The van der Waals surface area contributed by atoms with Gasteiger partial charge in [0.1, 0.15) is 5.75 Å². The van der Waals surface area contributed by atoms with Crippen LogP contribution in [0.2, 0.25) is 0 Å². The Hall–Kier alpha value is -1.83. The summed E-state index contributed by atoms with van der Waals surface area (Å²) in [6, 6.07) is 12.0. The first-order valence-electron chi connectivity index (χ1n) is 5.86. The number of hydrogen-bond donors (Lipinski definition) is 0. The molecule has 0 aliphatic carbocycles. The lowest BCUT2D eigenvalue weighted by Crippen LogP contribution is -1.96. The lowest BCUT2D eigenvalue weighted by Gasteiger charge is -2.12. The van der Waals surface area contributed by atoms with Gasteiger partial charge in [0, 0.05) is 11.8 Å². The van der Waals surface area contributed by atoms with Crippen LogP contribution in [-0.4, -0.2) is 4.98 Å². The number of aromatic nitrogens is 1. The summed E-state index contributed by atoms with van der Waals surface area (Å²) in [5, 5.41) is 0. The number of rotatable bonds is 3. The quantitative estimate of drug-likeness (QED) is 0.779. The maximum Gasteiger partial charge on any atom is 0.222 e. The van der Waals surface area contributed by atoms with E-state index in [0.29, 0.717) is 11.8 Å². The number of aryl methyl sites for hydroxylation is 1. The van der Waals surface area contributed by atoms with E-state index < -0.39 is 0 Å². The third kappa shape index (κ3) is 2.84. The van der Waals surface area contributed by atoms with Gasteiger partial charge in [0.05, 0.1) is 0 Å². The molecule has 2 heteroatoms. The molecule has 2 nitrogen and oxygen atoms in total. The molecule has 0 atom stereocenters. The van der Waals surface area contributed by atoms with Crippen molar-refractivity contribution in [1.29, 1.82) is 0 Å². The van der Waals surface area contributed by atoms with Gasteiger partial charge in [0.15, 0.2) is 0 Å². The second-order valence-electron chi connectivity index (χ2n) is 4.47. The average Bonchev–Trinajstić information content (AvgIpc) is 2.32. The van der Waals surface area contributed by atoms with Crippen molar-refractivity contribution < 1.29 is 4.74 Å². The van der Waals surface area contributed by atoms with Crippen LogP contribution in [0.1, 0.15) is 30.9 Å². The van der Waals surface area contributed by atoms with Crippen LogP contribution in [0.4, 0.5) is 0 Å². The summed E-state index contributed by atoms with van der Waals surface area (Å²) in [5.41, 5.74) is 2.36. The number of nitrogens with zero attached hydrogens (tertiary/aromatic N) is 1. The molecule has 0 amide bonds. The van der Waals surface area contributed by atoms with E-state index in [2.05, 4.69) is 31.8 Å². The standard InChI is InChI=1S/C15H17NO/c1-11(2)14-5-4-10-16-15(14)17-13-8-6-12(3)7-9-13/h4-11H,1-3H3. The number of pyridine rings is 1. The second-order valence-corrected chi connectivity index (χ2v) is 4.47. The highest BCUT2D eigenvalue weighted by molar-refractivity contribution is 5.34. The van der Waals surface area contributed by atoms with Crippen molar-refractivity contribution in [3.63, 3.8) is 0 Å². The fourth-order valence-corrected chi connectivity index (χ4v) is 1.65. The van der Waals surface area contributed by atoms with Crippen molar-refractivity contribution >= 4 is 0 Å². The Morgan fingerprint density at radius 1 is 1.06 bits per heavy atom. The van der Waals surface area contributed by atoms with E-state index in [9.17, 15) is 0 Å². The van der Waals surface area contributed by atoms with Gasteiger partial charge in [0.2, 0.25) is 5.88 Å². The first kappa shape index (κ1) is 11.6. The summed E-state index contributed by atoms with van der Waals surface area (Å²) in [7, 11) is 0. The minimum Gasteiger partial charge on any atom is -0.439 e. The fraction of sp³-hybridized carbons (Fsp3) is 0.267. The van der Waals surface area contributed by atoms with Crippen molar-refractivity contribution in [3.8, 4) is 11.6 Å². The Bertz CT molecular complexity index is 489. The summed E-state index contributed by atoms with van der Waals surface area (Å²) >= 11 is 0. The first-order chi connectivity index (χ1) is 8.16. The molecule has 0 saturated carbocycles.